The molecule has 1 rings (SSSR count). The van der Waals surface area contributed by atoms with Crippen molar-refractivity contribution in [2.45, 2.75) is 18.9 Å². The van der Waals surface area contributed by atoms with Gasteiger partial charge >= 0.3 is 11.9 Å². The summed E-state index contributed by atoms with van der Waals surface area (Å²) in [5.41, 5.74) is 0. The van der Waals surface area contributed by atoms with Crippen molar-refractivity contribution in [3.05, 3.63) is 0 Å². The van der Waals surface area contributed by atoms with Crippen molar-refractivity contribution < 1.29 is 19.1 Å². The second kappa shape index (κ2) is 4.81. The highest BCUT2D eigenvalue weighted by molar-refractivity contribution is 5.79. The minimum Gasteiger partial charge on any atom is -0.466 e. The predicted octanol–water partition coefficient (Wildman–Crippen LogP) is -0.545. The standard InChI is InChI=1S/C8H13NO4/c1-12-7(10)5-13-8(11)6-3-2-4-9-6/h6,9H,2-5H2,1H3/t6-/m0/s1. The largest absolute Gasteiger partial charge is 0.466 e. The number of methoxy groups -OCH3 is 1. The third kappa shape index (κ3) is 3.02. The lowest BCUT2D eigenvalue weighted by Crippen LogP contribution is -2.33. The second-order valence-corrected chi connectivity index (χ2v) is 2.83. The number of carbonyl (C=O) groups excluding carboxylic acids is 2. The average Bonchev–Trinajstić information content (AvgIpc) is 2.66. The quantitative estimate of drug-likeness (QED) is 0.601. The van der Waals surface area contributed by atoms with E-state index >= 15 is 0 Å². The summed E-state index contributed by atoms with van der Waals surface area (Å²) in [5, 5.41) is 2.97. The normalized spacial score (nSPS) is 21.2. The van der Waals surface area contributed by atoms with Gasteiger partial charge in [0.2, 0.25) is 0 Å². The number of esters is 2. The molecule has 0 unspecified atom stereocenters. The number of nitrogens with one attached hydrogen (secondary N) is 1. The van der Waals surface area contributed by atoms with Crippen LogP contribution in [-0.2, 0) is 19.1 Å². The van der Waals surface area contributed by atoms with Crippen molar-refractivity contribution in [1.82, 2.24) is 5.32 Å². The highest BCUT2D eigenvalue weighted by Gasteiger charge is 2.23. The number of carbonyl (C=O) groups is 2. The molecule has 5 nitrogen and oxygen atoms in total. The van der Waals surface area contributed by atoms with E-state index in [2.05, 4.69) is 10.1 Å². The average molecular weight is 187 g/mol. The topological polar surface area (TPSA) is 64.6 Å². The molecule has 1 N–H and O–H groups in total. The molecule has 0 aromatic heterocycles. The molecule has 0 amide bonds. The molecule has 74 valence electrons. The van der Waals surface area contributed by atoms with Crippen LogP contribution in [0.5, 0.6) is 0 Å². The summed E-state index contributed by atoms with van der Waals surface area (Å²) in [6, 6.07) is -0.246. The van der Waals surface area contributed by atoms with Crippen LogP contribution in [0.15, 0.2) is 0 Å². The number of hydrogen-bond donors (Lipinski definition) is 1. The van der Waals surface area contributed by atoms with E-state index in [-0.39, 0.29) is 18.6 Å². The van der Waals surface area contributed by atoms with Gasteiger partial charge in [-0.1, -0.05) is 0 Å². The van der Waals surface area contributed by atoms with Gasteiger partial charge in [0.1, 0.15) is 6.04 Å². The molecular formula is C8H13NO4. The van der Waals surface area contributed by atoms with Crippen LogP contribution in [0.1, 0.15) is 12.8 Å². The number of hydrogen-bond acceptors (Lipinski definition) is 5. The molecule has 0 spiro atoms. The molecule has 0 aromatic rings. The maximum atomic E-state index is 11.2. The molecule has 1 atom stereocenters. The fourth-order valence-corrected chi connectivity index (χ4v) is 1.18. The first-order chi connectivity index (χ1) is 6.24. The lowest BCUT2D eigenvalue weighted by molar-refractivity contribution is -0.158. The van der Waals surface area contributed by atoms with Crippen molar-refractivity contribution in [2.24, 2.45) is 0 Å². The van der Waals surface area contributed by atoms with E-state index in [1.54, 1.807) is 0 Å². The molecule has 0 aromatic carbocycles. The van der Waals surface area contributed by atoms with Gasteiger partial charge in [-0.25, -0.2) is 4.79 Å². The summed E-state index contributed by atoms with van der Waals surface area (Å²) in [6.07, 6.45) is 1.75. The Morgan fingerprint density at radius 2 is 2.31 bits per heavy atom. The molecule has 1 fully saturated rings. The highest BCUT2D eigenvalue weighted by atomic mass is 16.6. The number of ether oxygens (including phenoxy) is 2. The Morgan fingerprint density at radius 3 is 2.85 bits per heavy atom. The zero-order valence-electron chi connectivity index (χ0n) is 7.54. The van der Waals surface area contributed by atoms with Gasteiger partial charge in [0.25, 0.3) is 0 Å². The summed E-state index contributed by atoms with van der Waals surface area (Å²) in [4.78, 5) is 21.8. The van der Waals surface area contributed by atoms with Crippen LogP contribution in [-0.4, -0.2) is 38.2 Å². The second-order valence-electron chi connectivity index (χ2n) is 2.83. The maximum absolute atomic E-state index is 11.2. The van der Waals surface area contributed by atoms with E-state index < -0.39 is 5.97 Å². The van der Waals surface area contributed by atoms with E-state index in [4.69, 9.17) is 4.74 Å². The molecule has 5 heteroatoms. The Hall–Kier alpha value is -1.10. The van der Waals surface area contributed by atoms with Crippen LogP contribution in [0.4, 0.5) is 0 Å². The minimum atomic E-state index is -0.536. The molecule has 1 heterocycles. The molecule has 0 aliphatic carbocycles. The van der Waals surface area contributed by atoms with Crippen molar-refractivity contribution in [2.75, 3.05) is 20.3 Å². The number of rotatable bonds is 3. The Bertz CT molecular complexity index is 198. The molecule has 0 saturated carbocycles. The first kappa shape index (κ1) is 9.98. The fourth-order valence-electron chi connectivity index (χ4n) is 1.18. The van der Waals surface area contributed by atoms with Gasteiger partial charge in [0.15, 0.2) is 6.61 Å². The van der Waals surface area contributed by atoms with Gasteiger partial charge in [-0.3, -0.25) is 4.79 Å². The van der Waals surface area contributed by atoms with Gasteiger partial charge in [-0.15, -0.1) is 0 Å². The van der Waals surface area contributed by atoms with E-state index in [9.17, 15) is 9.59 Å². The van der Waals surface area contributed by atoms with E-state index in [0.29, 0.717) is 0 Å². The van der Waals surface area contributed by atoms with Crippen LogP contribution in [0.2, 0.25) is 0 Å². The minimum absolute atomic E-state index is 0.246. The summed E-state index contributed by atoms with van der Waals surface area (Å²) < 4.78 is 9.03. The van der Waals surface area contributed by atoms with E-state index in [0.717, 1.165) is 19.4 Å². The van der Waals surface area contributed by atoms with Crippen LogP contribution in [0, 0.1) is 0 Å². The lowest BCUT2D eigenvalue weighted by Gasteiger charge is -2.08. The smallest absolute Gasteiger partial charge is 0.344 e. The van der Waals surface area contributed by atoms with E-state index in [1.165, 1.54) is 7.11 Å². The Balaban J connectivity index is 2.20. The monoisotopic (exact) mass is 187 g/mol. The molecule has 1 aliphatic rings. The van der Waals surface area contributed by atoms with Crippen LogP contribution in [0.25, 0.3) is 0 Å². The molecule has 1 saturated heterocycles. The van der Waals surface area contributed by atoms with Crippen LogP contribution >= 0.6 is 0 Å². The fraction of sp³-hybridized carbons (Fsp3) is 0.750. The highest BCUT2D eigenvalue weighted by Crippen LogP contribution is 2.06. The van der Waals surface area contributed by atoms with E-state index in [1.807, 2.05) is 0 Å². The first-order valence-electron chi connectivity index (χ1n) is 4.21. The van der Waals surface area contributed by atoms with Gasteiger partial charge < -0.3 is 14.8 Å². The molecule has 1 aliphatic heterocycles. The third-order valence-electron chi connectivity index (χ3n) is 1.90. The molecule has 0 radical (unpaired) electrons. The first-order valence-corrected chi connectivity index (χ1v) is 4.21. The lowest BCUT2D eigenvalue weighted by atomic mass is 10.2. The van der Waals surface area contributed by atoms with Gasteiger partial charge in [0, 0.05) is 0 Å². The van der Waals surface area contributed by atoms with Crippen molar-refractivity contribution >= 4 is 11.9 Å². The summed E-state index contributed by atoms with van der Waals surface area (Å²) >= 11 is 0. The summed E-state index contributed by atoms with van der Waals surface area (Å²) in [7, 11) is 1.25. The third-order valence-corrected chi connectivity index (χ3v) is 1.90. The van der Waals surface area contributed by atoms with Crippen molar-refractivity contribution in [3.8, 4) is 0 Å². The Kier molecular flexibility index (Phi) is 3.70. The summed E-state index contributed by atoms with van der Waals surface area (Å²) in [6.45, 7) is 0.533. The Labute approximate surface area is 76.4 Å². The molecule has 13 heavy (non-hydrogen) atoms. The SMILES string of the molecule is COC(=O)COC(=O)[C@@H]1CCCN1. The summed E-state index contributed by atoms with van der Waals surface area (Å²) in [5.74, 6) is -0.908. The van der Waals surface area contributed by atoms with Crippen LogP contribution < -0.4 is 5.32 Å². The van der Waals surface area contributed by atoms with Crippen molar-refractivity contribution in [3.63, 3.8) is 0 Å². The molecule has 0 bridgehead atoms. The van der Waals surface area contributed by atoms with Crippen LogP contribution in [0.3, 0.4) is 0 Å². The maximum Gasteiger partial charge on any atom is 0.344 e. The van der Waals surface area contributed by atoms with Gasteiger partial charge in [0.05, 0.1) is 7.11 Å². The zero-order valence-corrected chi connectivity index (χ0v) is 7.54. The van der Waals surface area contributed by atoms with Gasteiger partial charge in [-0.2, -0.15) is 0 Å². The Morgan fingerprint density at radius 1 is 1.54 bits per heavy atom. The zero-order chi connectivity index (χ0) is 9.68. The predicted molar refractivity (Wildman–Crippen MR) is 44.0 cm³/mol. The van der Waals surface area contributed by atoms with Gasteiger partial charge in [-0.05, 0) is 19.4 Å². The molecular weight excluding hydrogens is 174 g/mol. The van der Waals surface area contributed by atoms with Crippen molar-refractivity contribution in [1.29, 1.82) is 0 Å².